The molecule has 7 nitrogen and oxygen atoms in total. The predicted molar refractivity (Wildman–Crippen MR) is 82.6 cm³/mol. The molecule has 7 heteroatoms. The normalized spacial score (nSPS) is 12.2. The third-order valence-corrected chi connectivity index (χ3v) is 2.77. The molecule has 0 aliphatic carbocycles. The van der Waals surface area contributed by atoms with Crippen molar-refractivity contribution < 1.29 is 23.9 Å². The second-order valence-electron chi connectivity index (χ2n) is 5.92. The zero-order valence-electron chi connectivity index (χ0n) is 13.8. The van der Waals surface area contributed by atoms with Crippen LogP contribution in [0.3, 0.4) is 0 Å². The van der Waals surface area contributed by atoms with E-state index in [4.69, 9.17) is 4.74 Å². The van der Waals surface area contributed by atoms with Crippen LogP contribution < -0.4 is 5.32 Å². The molecule has 1 N–H and O–H groups in total. The molecule has 126 valence electrons. The highest BCUT2D eigenvalue weighted by Crippen LogP contribution is 2.11. The number of methoxy groups -OCH3 is 1. The number of hydrogen-bond donors (Lipinski definition) is 1. The molecule has 0 aliphatic heterocycles. The largest absolute Gasteiger partial charge is 0.467 e. The number of carbonyl (C=O) groups excluding carboxylic acids is 3. The molecule has 0 radical (unpaired) electrons. The average molecular weight is 322 g/mol. The van der Waals surface area contributed by atoms with Gasteiger partial charge in [0.15, 0.2) is 0 Å². The first kappa shape index (κ1) is 18.6. The summed E-state index contributed by atoms with van der Waals surface area (Å²) in [7, 11) is 1.22. The Kier molecular flexibility index (Phi) is 6.68. The summed E-state index contributed by atoms with van der Waals surface area (Å²) in [5.74, 6) is -1.52. The van der Waals surface area contributed by atoms with E-state index in [2.05, 4.69) is 15.0 Å². The molecular formula is C16H22N2O5. The average Bonchev–Trinajstić information content (AvgIpc) is 2.49. The first-order valence-corrected chi connectivity index (χ1v) is 7.23. The van der Waals surface area contributed by atoms with Gasteiger partial charge in [0.2, 0.25) is 0 Å². The van der Waals surface area contributed by atoms with Gasteiger partial charge in [-0.25, -0.2) is 4.79 Å². The van der Waals surface area contributed by atoms with Gasteiger partial charge in [-0.2, -0.15) is 0 Å². The third kappa shape index (κ3) is 6.90. The van der Waals surface area contributed by atoms with Gasteiger partial charge in [0, 0.05) is 18.8 Å². The van der Waals surface area contributed by atoms with Gasteiger partial charge in [-0.1, -0.05) is 0 Å². The van der Waals surface area contributed by atoms with Gasteiger partial charge in [-0.15, -0.1) is 0 Å². The van der Waals surface area contributed by atoms with E-state index in [9.17, 15) is 14.4 Å². The summed E-state index contributed by atoms with van der Waals surface area (Å²) < 4.78 is 9.84. The monoisotopic (exact) mass is 322 g/mol. The highest BCUT2D eigenvalue weighted by Gasteiger charge is 2.24. The molecule has 0 spiro atoms. The molecule has 0 unspecified atom stereocenters. The summed E-state index contributed by atoms with van der Waals surface area (Å²) in [6, 6.07) is 2.26. The van der Waals surface area contributed by atoms with E-state index in [0.717, 1.165) is 0 Å². The highest BCUT2D eigenvalue weighted by atomic mass is 16.6. The maximum absolute atomic E-state index is 12.1. The fraction of sp³-hybridized carbons (Fsp3) is 0.500. The van der Waals surface area contributed by atoms with Gasteiger partial charge in [0.1, 0.15) is 11.6 Å². The minimum atomic E-state index is -0.930. The van der Waals surface area contributed by atoms with Crippen LogP contribution in [0.2, 0.25) is 0 Å². The van der Waals surface area contributed by atoms with Crippen LogP contribution in [0.25, 0.3) is 0 Å². The fourth-order valence-corrected chi connectivity index (χ4v) is 1.78. The van der Waals surface area contributed by atoms with Crippen molar-refractivity contribution >= 4 is 17.8 Å². The van der Waals surface area contributed by atoms with E-state index >= 15 is 0 Å². The molecule has 23 heavy (non-hydrogen) atoms. The van der Waals surface area contributed by atoms with Crippen LogP contribution >= 0.6 is 0 Å². The first-order valence-electron chi connectivity index (χ1n) is 7.23. The van der Waals surface area contributed by atoms with Crippen LogP contribution in [0, 0.1) is 0 Å². The number of nitrogens with one attached hydrogen (secondary N) is 1. The van der Waals surface area contributed by atoms with Gasteiger partial charge in [-0.3, -0.25) is 14.6 Å². The summed E-state index contributed by atoms with van der Waals surface area (Å²) in [5, 5.41) is 2.54. The van der Waals surface area contributed by atoms with Crippen molar-refractivity contribution in [2.75, 3.05) is 7.11 Å². The van der Waals surface area contributed by atoms with Crippen LogP contribution in [0.5, 0.6) is 0 Å². The smallest absolute Gasteiger partial charge is 0.328 e. The third-order valence-electron chi connectivity index (χ3n) is 2.77. The quantitative estimate of drug-likeness (QED) is 0.797. The summed E-state index contributed by atoms with van der Waals surface area (Å²) >= 11 is 0. The molecule has 1 rings (SSSR count). The lowest BCUT2D eigenvalue weighted by atomic mass is 10.1. The molecule has 1 aromatic rings. The van der Waals surface area contributed by atoms with Crippen molar-refractivity contribution in [3.8, 4) is 0 Å². The number of nitrogens with zero attached hydrogens (tertiary/aromatic N) is 1. The Balaban J connectivity index is 2.65. The summed E-state index contributed by atoms with van der Waals surface area (Å²) in [5.41, 5.74) is -0.282. The maximum Gasteiger partial charge on any atom is 0.328 e. The minimum Gasteiger partial charge on any atom is -0.467 e. The second kappa shape index (κ2) is 8.26. The topological polar surface area (TPSA) is 94.6 Å². The highest BCUT2D eigenvalue weighted by molar-refractivity contribution is 5.96. The Bertz CT molecular complexity index is 551. The van der Waals surface area contributed by atoms with Crippen molar-refractivity contribution in [2.24, 2.45) is 0 Å². The zero-order valence-corrected chi connectivity index (χ0v) is 13.8. The number of ether oxygens (including phenoxy) is 2. The molecule has 1 atom stereocenters. The number of esters is 2. The SMILES string of the molecule is COC(=O)[C@H](CCC(=O)OC(C)(C)C)NC(=O)c1cccnc1. The van der Waals surface area contributed by atoms with E-state index < -0.39 is 29.5 Å². The lowest BCUT2D eigenvalue weighted by Crippen LogP contribution is -2.42. The molecule has 0 bridgehead atoms. The van der Waals surface area contributed by atoms with E-state index in [1.807, 2.05) is 0 Å². The second-order valence-corrected chi connectivity index (χ2v) is 5.92. The lowest BCUT2D eigenvalue weighted by molar-refractivity contribution is -0.155. The Labute approximate surface area is 135 Å². The summed E-state index contributed by atoms with van der Waals surface area (Å²) in [6.45, 7) is 5.27. The van der Waals surface area contributed by atoms with Crippen molar-refractivity contribution in [1.82, 2.24) is 10.3 Å². The summed E-state index contributed by atoms with van der Waals surface area (Å²) in [6.07, 6.45) is 3.01. The molecule has 1 amide bonds. The molecule has 1 aromatic heterocycles. The van der Waals surface area contributed by atoms with Crippen LogP contribution in [0.1, 0.15) is 44.0 Å². The van der Waals surface area contributed by atoms with E-state index in [1.165, 1.54) is 19.5 Å². The molecule has 0 aliphatic rings. The minimum absolute atomic E-state index is 0.00957. The summed E-state index contributed by atoms with van der Waals surface area (Å²) in [4.78, 5) is 39.4. The number of pyridine rings is 1. The molecule has 0 saturated carbocycles. The lowest BCUT2D eigenvalue weighted by Gasteiger charge is -2.21. The standard InChI is InChI=1S/C16H22N2O5/c1-16(2,3)23-13(19)8-7-12(15(21)22-4)18-14(20)11-6-5-9-17-10-11/h5-6,9-10,12H,7-8H2,1-4H3,(H,18,20)/t12-/m0/s1. The number of aromatic nitrogens is 1. The fourth-order valence-electron chi connectivity index (χ4n) is 1.78. The zero-order chi connectivity index (χ0) is 17.5. The van der Waals surface area contributed by atoms with Gasteiger partial charge < -0.3 is 14.8 Å². The molecular weight excluding hydrogens is 300 g/mol. The van der Waals surface area contributed by atoms with Crippen molar-refractivity contribution in [3.05, 3.63) is 30.1 Å². The Morgan fingerprint density at radius 1 is 1.30 bits per heavy atom. The number of amides is 1. The maximum atomic E-state index is 12.1. The van der Waals surface area contributed by atoms with E-state index in [1.54, 1.807) is 32.9 Å². The predicted octanol–water partition coefficient (Wildman–Crippen LogP) is 1.47. The molecule has 0 aromatic carbocycles. The van der Waals surface area contributed by atoms with Gasteiger partial charge in [0.05, 0.1) is 12.7 Å². The first-order chi connectivity index (χ1) is 10.7. The van der Waals surface area contributed by atoms with Crippen molar-refractivity contribution in [3.63, 3.8) is 0 Å². The van der Waals surface area contributed by atoms with Crippen LogP contribution in [-0.2, 0) is 19.1 Å². The van der Waals surface area contributed by atoms with E-state index in [0.29, 0.717) is 5.56 Å². The van der Waals surface area contributed by atoms with Crippen LogP contribution in [0.4, 0.5) is 0 Å². The Morgan fingerprint density at radius 2 is 2.00 bits per heavy atom. The molecule has 1 heterocycles. The molecule has 0 saturated heterocycles. The van der Waals surface area contributed by atoms with Gasteiger partial charge in [-0.05, 0) is 39.3 Å². The van der Waals surface area contributed by atoms with Gasteiger partial charge in [0.25, 0.3) is 5.91 Å². The number of carbonyl (C=O) groups is 3. The van der Waals surface area contributed by atoms with Gasteiger partial charge >= 0.3 is 11.9 Å². The van der Waals surface area contributed by atoms with Crippen LogP contribution in [0.15, 0.2) is 24.5 Å². The van der Waals surface area contributed by atoms with E-state index in [-0.39, 0.29) is 12.8 Å². The number of rotatable bonds is 6. The Morgan fingerprint density at radius 3 is 2.52 bits per heavy atom. The Hall–Kier alpha value is -2.44. The number of hydrogen-bond acceptors (Lipinski definition) is 6. The molecule has 0 fully saturated rings. The van der Waals surface area contributed by atoms with Crippen molar-refractivity contribution in [1.29, 1.82) is 0 Å². The van der Waals surface area contributed by atoms with Crippen LogP contribution in [-0.4, -0.2) is 41.6 Å². The van der Waals surface area contributed by atoms with Crippen molar-refractivity contribution in [2.45, 2.75) is 45.3 Å².